The average molecular weight is 245 g/mol. The van der Waals surface area contributed by atoms with E-state index in [1.54, 1.807) is 0 Å². The Bertz CT molecular complexity index is 402. The molecule has 2 heteroatoms. The third kappa shape index (κ3) is 1.70. The number of benzene rings is 1. The Kier molecular flexibility index (Phi) is 2.95. The predicted molar refractivity (Wildman–Crippen MR) is 73.3 cm³/mol. The minimum atomic E-state index is -0.101. The molecule has 0 heterocycles. The highest BCUT2D eigenvalue weighted by molar-refractivity contribution is 5.35. The van der Waals surface area contributed by atoms with Crippen LogP contribution in [-0.2, 0) is 5.41 Å². The Morgan fingerprint density at radius 3 is 2.17 bits per heavy atom. The summed E-state index contributed by atoms with van der Waals surface area (Å²) in [6.45, 7) is 0.759. The van der Waals surface area contributed by atoms with E-state index in [0.29, 0.717) is 5.41 Å². The number of hydrogen-bond donors (Lipinski definition) is 2. The first-order chi connectivity index (χ1) is 8.72. The Balaban J connectivity index is 1.92. The first-order valence-corrected chi connectivity index (χ1v) is 7.16. The summed E-state index contributed by atoms with van der Waals surface area (Å²) >= 11 is 0. The van der Waals surface area contributed by atoms with E-state index >= 15 is 0 Å². The molecule has 2 aliphatic carbocycles. The van der Waals surface area contributed by atoms with Gasteiger partial charge in [-0.15, -0.1) is 0 Å². The molecule has 0 amide bonds. The van der Waals surface area contributed by atoms with Gasteiger partial charge >= 0.3 is 0 Å². The van der Waals surface area contributed by atoms with E-state index in [1.165, 1.54) is 18.4 Å². The van der Waals surface area contributed by atoms with Crippen LogP contribution < -0.4 is 5.73 Å². The molecule has 2 nitrogen and oxygen atoms in total. The molecule has 0 aliphatic heterocycles. The van der Waals surface area contributed by atoms with Gasteiger partial charge in [-0.1, -0.05) is 30.3 Å². The Labute approximate surface area is 109 Å². The fraction of sp³-hybridized carbons (Fsp3) is 0.625. The Hall–Kier alpha value is -0.860. The second kappa shape index (κ2) is 4.36. The average Bonchev–Trinajstić information content (AvgIpc) is 3.23. The summed E-state index contributed by atoms with van der Waals surface area (Å²) < 4.78 is 0. The molecular weight excluding hydrogens is 222 g/mol. The van der Waals surface area contributed by atoms with E-state index in [4.69, 9.17) is 5.73 Å². The third-order valence-electron chi connectivity index (χ3n) is 5.39. The van der Waals surface area contributed by atoms with Crippen molar-refractivity contribution in [1.29, 1.82) is 0 Å². The zero-order valence-corrected chi connectivity index (χ0v) is 10.9. The molecule has 0 radical (unpaired) electrons. The smallest absolute Gasteiger partial charge is 0.0540 e. The molecular formula is C16H23NO. The van der Waals surface area contributed by atoms with Gasteiger partial charge in [0.05, 0.1) is 6.10 Å². The summed E-state index contributed by atoms with van der Waals surface area (Å²) in [5.74, 6) is 0. The SMILES string of the molecule is NCC1(C2(c3ccccc3)CC2)CCC(O)CC1. The molecule has 1 aromatic rings. The van der Waals surface area contributed by atoms with Gasteiger partial charge in [0, 0.05) is 5.41 Å². The van der Waals surface area contributed by atoms with Crippen molar-refractivity contribution >= 4 is 0 Å². The van der Waals surface area contributed by atoms with Crippen LogP contribution in [0.3, 0.4) is 0 Å². The van der Waals surface area contributed by atoms with Crippen molar-refractivity contribution in [3.8, 4) is 0 Å². The molecule has 2 saturated carbocycles. The summed E-state index contributed by atoms with van der Waals surface area (Å²) in [7, 11) is 0. The fourth-order valence-electron chi connectivity index (χ4n) is 4.04. The molecule has 0 unspecified atom stereocenters. The van der Waals surface area contributed by atoms with Crippen molar-refractivity contribution in [3.63, 3.8) is 0 Å². The first kappa shape index (κ1) is 12.2. The van der Waals surface area contributed by atoms with Gasteiger partial charge in [-0.25, -0.2) is 0 Å². The van der Waals surface area contributed by atoms with Gasteiger partial charge in [-0.3, -0.25) is 0 Å². The second-order valence-electron chi connectivity index (χ2n) is 6.16. The summed E-state index contributed by atoms with van der Waals surface area (Å²) in [5.41, 5.74) is 8.17. The zero-order chi connectivity index (χ0) is 12.6. The molecule has 3 rings (SSSR count). The number of rotatable bonds is 3. The quantitative estimate of drug-likeness (QED) is 0.860. The molecule has 18 heavy (non-hydrogen) atoms. The van der Waals surface area contributed by atoms with Gasteiger partial charge in [-0.2, -0.15) is 0 Å². The molecule has 0 aromatic heterocycles. The van der Waals surface area contributed by atoms with Crippen LogP contribution in [0.2, 0.25) is 0 Å². The number of aliphatic hydroxyl groups is 1. The van der Waals surface area contributed by atoms with Crippen LogP contribution in [0.1, 0.15) is 44.1 Å². The lowest BCUT2D eigenvalue weighted by atomic mass is 9.61. The molecule has 0 spiro atoms. The van der Waals surface area contributed by atoms with E-state index in [9.17, 15) is 5.11 Å². The maximum Gasteiger partial charge on any atom is 0.0540 e. The maximum atomic E-state index is 9.75. The molecule has 1 aromatic carbocycles. The molecule has 0 bridgehead atoms. The van der Waals surface area contributed by atoms with Crippen LogP contribution in [0.15, 0.2) is 30.3 Å². The summed E-state index contributed by atoms with van der Waals surface area (Å²) in [6.07, 6.45) is 6.45. The molecule has 0 saturated heterocycles. The summed E-state index contributed by atoms with van der Waals surface area (Å²) in [4.78, 5) is 0. The number of nitrogens with two attached hydrogens (primary N) is 1. The van der Waals surface area contributed by atoms with Crippen LogP contribution >= 0.6 is 0 Å². The normalized spacial score (nSPS) is 34.2. The Morgan fingerprint density at radius 2 is 1.67 bits per heavy atom. The molecule has 3 N–H and O–H groups in total. The van der Waals surface area contributed by atoms with Crippen molar-refractivity contribution in [2.45, 2.75) is 50.0 Å². The number of aliphatic hydroxyl groups excluding tert-OH is 1. The van der Waals surface area contributed by atoms with E-state index in [1.807, 2.05) is 0 Å². The van der Waals surface area contributed by atoms with Crippen LogP contribution in [0, 0.1) is 5.41 Å². The van der Waals surface area contributed by atoms with E-state index in [0.717, 1.165) is 32.2 Å². The molecule has 2 fully saturated rings. The lowest BCUT2D eigenvalue weighted by Crippen LogP contribution is -2.45. The second-order valence-corrected chi connectivity index (χ2v) is 6.16. The maximum absolute atomic E-state index is 9.75. The minimum Gasteiger partial charge on any atom is -0.393 e. The fourth-order valence-corrected chi connectivity index (χ4v) is 4.04. The Morgan fingerprint density at radius 1 is 1.06 bits per heavy atom. The van der Waals surface area contributed by atoms with E-state index in [2.05, 4.69) is 30.3 Å². The zero-order valence-electron chi connectivity index (χ0n) is 10.9. The lowest BCUT2D eigenvalue weighted by molar-refractivity contribution is 0.0436. The van der Waals surface area contributed by atoms with Crippen LogP contribution in [0.25, 0.3) is 0 Å². The van der Waals surface area contributed by atoms with Crippen LogP contribution in [0.5, 0.6) is 0 Å². The highest BCUT2D eigenvalue weighted by Crippen LogP contribution is 2.64. The van der Waals surface area contributed by atoms with Gasteiger partial charge in [0.25, 0.3) is 0 Å². The van der Waals surface area contributed by atoms with Crippen molar-refractivity contribution in [2.75, 3.05) is 6.54 Å². The van der Waals surface area contributed by atoms with Crippen molar-refractivity contribution in [1.82, 2.24) is 0 Å². The monoisotopic (exact) mass is 245 g/mol. The van der Waals surface area contributed by atoms with Gasteiger partial charge in [-0.05, 0) is 56.0 Å². The van der Waals surface area contributed by atoms with Gasteiger partial charge < -0.3 is 10.8 Å². The van der Waals surface area contributed by atoms with Crippen molar-refractivity contribution in [3.05, 3.63) is 35.9 Å². The highest BCUT2D eigenvalue weighted by Gasteiger charge is 2.59. The third-order valence-corrected chi connectivity index (χ3v) is 5.39. The summed E-state index contributed by atoms with van der Waals surface area (Å²) in [5, 5.41) is 9.75. The van der Waals surface area contributed by atoms with Crippen LogP contribution in [0.4, 0.5) is 0 Å². The topological polar surface area (TPSA) is 46.2 Å². The molecule has 98 valence electrons. The van der Waals surface area contributed by atoms with Gasteiger partial charge in [0.1, 0.15) is 0 Å². The van der Waals surface area contributed by atoms with Crippen molar-refractivity contribution < 1.29 is 5.11 Å². The van der Waals surface area contributed by atoms with Crippen molar-refractivity contribution in [2.24, 2.45) is 11.1 Å². The standard InChI is InChI=1S/C16H23NO/c17-12-15(8-6-14(18)7-9-15)16(10-11-16)13-4-2-1-3-5-13/h1-5,14,18H,6-12,17H2. The minimum absolute atomic E-state index is 0.101. The van der Waals surface area contributed by atoms with Gasteiger partial charge in [0.2, 0.25) is 0 Å². The van der Waals surface area contributed by atoms with E-state index in [-0.39, 0.29) is 11.5 Å². The summed E-state index contributed by atoms with van der Waals surface area (Å²) in [6, 6.07) is 10.9. The number of hydrogen-bond acceptors (Lipinski definition) is 2. The van der Waals surface area contributed by atoms with E-state index < -0.39 is 0 Å². The molecule has 0 atom stereocenters. The van der Waals surface area contributed by atoms with Crippen LogP contribution in [-0.4, -0.2) is 17.8 Å². The largest absolute Gasteiger partial charge is 0.393 e. The first-order valence-electron chi connectivity index (χ1n) is 7.16. The predicted octanol–water partition coefficient (Wildman–Crippen LogP) is 2.60. The van der Waals surface area contributed by atoms with Gasteiger partial charge in [0.15, 0.2) is 0 Å². The molecule has 2 aliphatic rings. The lowest BCUT2D eigenvalue weighted by Gasteiger charge is -2.45. The highest BCUT2D eigenvalue weighted by atomic mass is 16.3.